The first-order valence-corrected chi connectivity index (χ1v) is 11.0. The number of nitrogens with two attached hydrogens (primary N) is 1. The molecule has 0 spiro atoms. The summed E-state index contributed by atoms with van der Waals surface area (Å²) in [6, 6.07) is 13.9. The first kappa shape index (κ1) is 26.2. The van der Waals surface area contributed by atoms with Crippen LogP contribution < -0.4 is 25.5 Å². The number of methoxy groups -OCH3 is 2. The Hall–Kier alpha value is -4.87. The molecule has 1 aromatic heterocycles. The monoisotopic (exact) mass is 526 g/mol. The Morgan fingerprint density at radius 3 is 2.37 bits per heavy atom. The third-order valence-corrected chi connectivity index (χ3v) is 5.37. The van der Waals surface area contributed by atoms with E-state index in [9.17, 15) is 22.8 Å². The van der Waals surface area contributed by atoms with E-state index in [1.165, 1.54) is 44.7 Å². The Kier molecular flexibility index (Phi) is 7.33. The molecule has 38 heavy (non-hydrogen) atoms. The van der Waals surface area contributed by atoms with Crippen molar-refractivity contribution in [3.8, 4) is 28.6 Å². The average Bonchev–Trinajstić information content (AvgIpc) is 2.90. The maximum Gasteiger partial charge on any atom is 0.416 e. The number of halogens is 3. The standard InChI is InChI=1S/C26H21F3N4O5/c1-36-20-10-15(11-21(37-2)23(20)38-14-22(30)34)13-31-33-24(16-6-5-7-17(12-16)26(27,28)29)32-19-9-4-3-8-18(19)25(33)35/h3-13H,14H2,1-2H3,(H2,30,34). The summed E-state index contributed by atoms with van der Waals surface area (Å²) in [5.74, 6) is -0.287. The van der Waals surface area contributed by atoms with Crippen LogP contribution in [-0.2, 0) is 11.0 Å². The molecule has 3 aromatic carbocycles. The van der Waals surface area contributed by atoms with E-state index in [0.29, 0.717) is 11.1 Å². The minimum Gasteiger partial charge on any atom is -0.493 e. The number of ether oxygens (including phenoxy) is 3. The van der Waals surface area contributed by atoms with Gasteiger partial charge in [0.15, 0.2) is 23.9 Å². The zero-order valence-electron chi connectivity index (χ0n) is 20.2. The first-order valence-electron chi connectivity index (χ1n) is 11.0. The van der Waals surface area contributed by atoms with Crippen molar-refractivity contribution in [3.05, 3.63) is 82.1 Å². The number of alkyl halides is 3. The van der Waals surface area contributed by atoms with Crippen LogP contribution in [0.25, 0.3) is 22.3 Å². The van der Waals surface area contributed by atoms with Gasteiger partial charge < -0.3 is 19.9 Å². The van der Waals surface area contributed by atoms with Crippen molar-refractivity contribution >= 4 is 23.0 Å². The number of benzene rings is 3. The molecule has 0 saturated carbocycles. The molecule has 2 N–H and O–H groups in total. The molecule has 0 bridgehead atoms. The number of rotatable bonds is 8. The summed E-state index contributed by atoms with van der Waals surface area (Å²) in [6.07, 6.45) is -3.30. The lowest BCUT2D eigenvalue weighted by Crippen LogP contribution is -2.21. The van der Waals surface area contributed by atoms with Crippen LogP contribution in [0.15, 0.2) is 70.6 Å². The predicted molar refractivity (Wildman–Crippen MR) is 134 cm³/mol. The Morgan fingerprint density at radius 2 is 1.74 bits per heavy atom. The van der Waals surface area contributed by atoms with Crippen molar-refractivity contribution in [1.29, 1.82) is 0 Å². The Bertz CT molecular complexity index is 1570. The van der Waals surface area contributed by atoms with Crippen LogP contribution in [0.4, 0.5) is 13.2 Å². The first-order chi connectivity index (χ1) is 18.1. The van der Waals surface area contributed by atoms with Gasteiger partial charge in [-0.05, 0) is 36.4 Å². The normalized spacial score (nSPS) is 11.6. The van der Waals surface area contributed by atoms with Gasteiger partial charge in [0, 0.05) is 11.1 Å². The van der Waals surface area contributed by atoms with Crippen LogP contribution in [0.3, 0.4) is 0 Å². The molecule has 4 aromatic rings. The molecule has 0 aliphatic heterocycles. The van der Waals surface area contributed by atoms with Crippen molar-refractivity contribution < 1.29 is 32.2 Å². The van der Waals surface area contributed by atoms with E-state index in [0.717, 1.165) is 16.8 Å². The van der Waals surface area contributed by atoms with Gasteiger partial charge >= 0.3 is 6.18 Å². The minimum atomic E-state index is -4.59. The van der Waals surface area contributed by atoms with Gasteiger partial charge in [-0.15, -0.1) is 0 Å². The summed E-state index contributed by atoms with van der Waals surface area (Å²) in [6.45, 7) is -0.418. The van der Waals surface area contributed by atoms with Crippen LogP contribution in [0.2, 0.25) is 0 Å². The van der Waals surface area contributed by atoms with E-state index >= 15 is 0 Å². The topological polar surface area (TPSA) is 118 Å². The smallest absolute Gasteiger partial charge is 0.416 e. The lowest BCUT2D eigenvalue weighted by Gasteiger charge is -2.14. The number of fused-ring (bicyclic) bond motifs is 1. The van der Waals surface area contributed by atoms with Gasteiger partial charge in [-0.1, -0.05) is 24.3 Å². The molecule has 0 atom stereocenters. The average molecular weight is 526 g/mol. The highest BCUT2D eigenvalue weighted by atomic mass is 19.4. The number of hydrogen-bond donors (Lipinski definition) is 1. The third kappa shape index (κ3) is 5.43. The maximum absolute atomic E-state index is 13.4. The summed E-state index contributed by atoms with van der Waals surface area (Å²) in [4.78, 5) is 28.9. The van der Waals surface area contributed by atoms with E-state index in [4.69, 9.17) is 19.9 Å². The number of carbonyl (C=O) groups is 1. The molecule has 0 fully saturated rings. The fourth-order valence-electron chi connectivity index (χ4n) is 3.64. The number of carbonyl (C=O) groups excluding carboxylic acids is 1. The number of hydrogen-bond acceptors (Lipinski definition) is 7. The van der Waals surface area contributed by atoms with Gasteiger partial charge in [-0.25, -0.2) is 4.98 Å². The number of amides is 1. The quantitative estimate of drug-likeness (QED) is 0.349. The summed E-state index contributed by atoms with van der Waals surface area (Å²) >= 11 is 0. The predicted octanol–water partition coefficient (Wildman–Crippen LogP) is 3.85. The number of primary amides is 1. The Morgan fingerprint density at radius 1 is 1.05 bits per heavy atom. The molecule has 0 aliphatic rings. The second-order valence-corrected chi connectivity index (χ2v) is 7.90. The summed E-state index contributed by atoms with van der Waals surface area (Å²) in [7, 11) is 2.74. The molecule has 0 saturated heterocycles. The Balaban J connectivity index is 1.87. The molecular weight excluding hydrogens is 505 g/mol. The molecule has 0 unspecified atom stereocenters. The van der Waals surface area contributed by atoms with Crippen LogP contribution in [0.5, 0.6) is 17.2 Å². The van der Waals surface area contributed by atoms with Gasteiger partial charge in [0.2, 0.25) is 5.75 Å². The van der Waals surface area contributed by atoms with Gasteiger partial charge in [0.05, 0.1) is 36.9 Å². The second kappa shape index (κ2) is 10.6. The highest BCUT2D eigenvalue weighted by Crippen LogP contribution is 2.38. The van der Waals surface area contributed by atoms with Crippen molar-refractivity contribution in [1.82, 2.24) is 9.66 Å². The van der Waals surface area contributed by atoms with Gasteiger partial charge in [0.25, 0.3) is 11.5 Å². The number of aromatic nitrogens is 2. The van der Waals surface area contributed by atoms with Crippen LogP contribution in [0, 0.1) is 0 Å². The van der Waals surface area contributed by atoms with Crippen LogP contribution >= 0.6 is 0 Å². The van der Waals surface area contributed by atoms with Gasteiger partial charge in [-0.3, -0.25) is 9.59 Å². The van der Waals surface area contributed by atoms with Crippen molar-refractivity contribution in [2.75, 3.05) is 20.8 Å². The molecule has 1 amide bonds. The zero-order valence-corrected chi connectivity index (χ0v) is 20.2. The lowest BCUT2D eigenvalue weighted by atomic mass is 10.1. The highest BCUT2D eigenvalue weighted by molar-refractivity contribution is 5.84. The maximum atomic E-state index is 13.4. The SMILES string of the molecule is COc1cc(C=Nn2c(-c3cccc(C(F)(F)F)c3)nc3ccccc3c2=O)cc(OC)c1OCC(N)=O. The summed E-state index contributed by atoms with van der Waals surface area (Å²) in [5, 5.41) is 4.49. The molecule has 9 nitrogen and oxygen atoms in total. The number of para-hydroxylation sites is 1. The van der Waals surface area contributed by atoms with Crippen molar-refractivity contribution in [2.24, 2.45) is 10.8 Å². The molecule has 4 rings (SSSR count). The fourth-order valence-corrected chi connectivity index (χ4v) is 3.64. The van der Waals surface area contributed by atoms with Gasteiger partial charge in [0.1, 0.15) is 0 Å². The van der Waals surface area contributed by atoms with E-state index in [1.807, 2.05) is 0 Å². The van der Waals surface area contributed by atoms with E-state index in [2.05, 4.69) is 10.1 Å². The van der Waals surface area contributed by atoms with Crippen LogP contribution in [-0.4, -0.2) is 42.6 Å². The molecule has 12 heteroatoms. The lowest BCUT2D eigenvalue weighted by molar-refractivity contribution is -0.137. The van der Waals surface area contributed by atoms with E-state index in [1.54, 1.807) is 24.3 Å². The largest absolute Gasteiger partial charge is 0.493 e. The van der Waals surface area contributed by atoms with E-state index in [-0.39, 0.29) is 34.0 Å². The molecule has 196 valence electrons. The highest BCUT2D eigenvalue weighted by Gasteiger charge is 2.31. The third-order valence-electron chi connectivity index (χ3n) is 5.37. The molecule has 0 aliphatic carbocycles. The van der Waals surface area contributed by atoms with Crippen molar-refractivity contribution in [3.63, 3.8) is 0 Å². The summed E-state index contributed by atoms with van der Waals surface area (Å²) < 4.78 is 57.1. The molecular formula is C26H21F3N4O5. The van der Waals surface area contributed by atoms with Gasteiger partial charge in [-0.2, -0.15) is 22.9 Å². The minimum absolute atomic E-state index is 0.0465. The fraction of sp³-hybridized carbons (Fsp3) is 0.154. The van der Waals surface area contributed by atoms with E-state index < -0.39 is 29.8 Å². The molecule has 0 radical (unpaired) electrons. The second-order valence-electron chi connectivity index (χ2n) is 7.90. The number of nitrogens with zero attached hydrogens (tertiary/aromatic N) is 3. The van der Waals surface area contributed by atoms with Crippen molar-refractivity contribution in [2.45, 2.75) is 6.18 Å². The molecule has 1 heterocycles. The van der Waals surface area contributed by atoms with Crippen LogP contribution in [0.1, 0.15) is 11.1 Å². The zero-order chi connectivity index (χ0) is 27.4. The Labute approximate surface area is 213 Å². The summed E-state index contributed by atoms with van der Waals surface area (Å²) in [5.41, 5.74) is 4.41.